The van der Waals surface area contributed by atoms with Crippen LogP contribution in [0.5, 0.6) is 0 Å². The van der Waals surface area contributed by atoms with Gasteiger partial charge in [0, 0.05) is 13.8 Å². The molecule has 0 spiro atoms. The van der Waals surface area contributed by atoms with Crippen molar-refractivity contribution < 1.29 is 37.5 Å². The third kappa shape index (κ3) is 5.90. The molecule has 0 aromatic heterocycles. The predicted octanol–water partition coefficient (Wildman–Crippen LogP) is 2.68. The maximum Gasteiger partial charge on any atom is 0.303 e. The third-order valence-electron chi connectivity index (χ3n) is 5.66. The van der Waals surface area contributed by atoms with Gasteiger partial charge in [0.1, 0.15) is 12.2 Å². The molecule has 0 radical (unpaired) electrons. The minimum Gasteiger partial charge on any atom is -0.456 e. The number of carbonyl (C=O) groups excluding carboxylic acids is 2. The molecule has 0 N–H and O–H groups in total. The van der Waals surface area contributed by atoms with E-state index in [1.807, 2.05) is 60.7 Å². The van der Waals surface area contributed by atoms with Crippen molar-refractivity contribution in [3.8, 4) is 0 Å². The second-order valence-corrected chi connectivity index (χ2v) is 9.80. The van der Waals surface area contributed by atoms with Gasteiger partial charge in [-0.2, -0.15) is 0 Å². The van der Waals surface area contributed by atoms with Gasteiger partial charge in [-0.15, -0.1) is 0 Å². The molecule has 1 unspecified atom stereocenters. The van der Waals surface area contributed by atoms with Gasteiger partial charge in [-0.3, -0.25) is 13.8 Å². The zero-order chi connectivity index (χ0) is 24.1. The molecule has 0 amide bonds. The summed E-state index contributed by atoms with van der Waals surface area (Å²) in [6.45, 7) is 2.90. The van der Waals surface area contributed by atoms with Gasteiger partial charge < -0.3 is 23.7 Å². The molecule has 2 saturated heterocycles. The lowest BCUT2D eigenvalue weighted by Gasteiger charge is -2.47. The maximum absolute atomic E-state index is 13.2. The summed E-state index contributed by atoms with van der Waals surface area (Å²) in [5.74, 6) is -0.898. The van der Waals surface area contributed by atoms with E-state index in [-0.39, 0.29) is 12.4 Å². The van der Waals surface area contributed by atoms with E-state index in [0.29, 0.717) is 6.61 Å². The van der Waals surface area contributed by atoms with Crippen molar-refractivity contribution in [3.05, 3.63) is 71.8 Å². The molecule has 8 nitrogen and oxygen atoms in total. The van der Waals surface area contributed by atoms with Gasteiger partial charge in [0.2, 0.25) is 0 Å². The molecular weight excluding hydrogens is 460 g/mol. The van der Waals surface area contributed by atoms with Gasteiger partial charge in [0.25, 0.3) is 0 Å². The molecule has 9 heteroatoms. The van der Waals surface area contributed by atoms with E-state index in [0.717, 1.165) is 11.1 Å². The summed E-state index contributed by atoms with van der Waals surface area (Å²) in [5.41, 5.74) is 0.960. The standard InChI is InChI=1S/C25H28O8S/c1-16(26)30-22-20(14-29-13-18-9-5-3-6-10-18)33-25-24(23(22)31-17(2)27)32-21(15-34(25)28)19-11-7-4-8-12-19/h3-12,20-25H,13-15H2,1-2H3/t20-,21-,22-,23+,24-,25+,34?/m1/s1. The van der Waals surface area contributed by atoms with Crippen molar-refractivity contribution in [2.45, 2.75) is 56.4 Å². The third-order valence-corrected chi connectivity index (χ3v) is 7.19. The SMILES string of the molecule is CC(=O)O[C@@H]1[C@H]2O[C@@H](c3ccccc3)CS(=O)[C@@H]2O[C@H](COCc2ccccc2)[C@H]1OC(C)=O. The molecule has 0 saturated carbocycles. The largest absolute Gasteiger partial charge is 0.456 e. The topological polar surface area (TPSA) is 97.4 Å². The zero-order valence-electron chi connectivity index (χ0n) is 19.0. The molecule has 34 heavy (non-hydrogen) atoms. The molecule has 7 atom stereocenters. The minimum atomic E-state index is -1.45. The Morgan fingerprint density at radius 2 is 1.53 bits per heavy atom. The van der Waals surface area contributed by atoms with Crippen LogP contribution >= 0.6 is 0 Å². The number of carbonyl (C=O) groups is 2. The van der Waals surface area contributed by atoms with Crippen LogP contribution in [0.15, 0.2) is 60.7 Å². The van der Waals surface area contributed by atoms with Crippen LogP contribution in [0.4, 0.5) is 0 Å². The summed E-state index contributed by atoms with van der Waals surface area (Å²) in [4.78, 5) is 23.9. The molecular formula is C25H28O8S. The lowest BCUT2D eigenvalue weighted by atomic mass is 9.98. The summed E-state index contributed by atoms with van der Waals surface area (Å²) in [6.07, 6.45) is -4.13. The molecule has 182 valence electrons. The molecule has 4 rings (SSSR count). The number of esters is 2. The summed E-state index contributed by atoms with van der Waals surface area (Å²) >= 11 is 0. The van der Waals surface area contributed by atoms with E-state index >= 15 is 0 Å². The fraction of sp³-hybridized carbons (Fsp3) is 0.440. The highest BCUT2D eigenvalue weighted by atomic mass is 32.2. The van der Waals surface area contributed by atoms with Gasteiger partial charge >= 0.3 is 11.9 Å². The summed E-state index contributed by atoms with van der Waals surface area (Å²) in [6, 6.07) is 19.0. The molecule has 2 aliphatic heterocycles. The Labute approximate surface area is 200 Å². The molecule has 2 aromatic rings. The lowest BCUT2D eigenvalue weighted by Crippen LogP contribution is -2.64. The van der Waals surface area contributed by atoms with E-state index in [4.69, 9.17) is 23.7 Å². The van der Waals surface area contributed by atoms with E-state index in [1.165, 1.54) is 13.8 Å². The maximum atomic E-state index is 13.2. The Kier molecular flexibility index (Phi) is 8.10. The van der Waals surface area contributed by atoms with Gasteiger partial charge in [-0.25, -0.2) is 0 Å². The van der Waals surface area contributed by atoms with E-state index in [1.54, 1.807) is 0 Å². The first kappa shape index (κ1) is 24.5. The molecule has 0 bridgehead atoms. The Morgan fingerprint density at radius 1 is 0.912 bits per heavy atom. The first-order chi connectivity index (χ1) is 16.4. The highest BCUT2D eigenvalue weighted by Gasteiger charge is 2.55. The van der Waals surface area contributed by atoms with Crippen LogP contribution in [-0.2, 0) is 50.7 Å². The number of ether oxygens (including phenoxy) is 5. The van der Waals surface area contributed by atoms with Gasteiger partial charge in [0.05, 0.1) is 35.9 Å². The van der Waals surface area contributed by atoms with Crippen molar-refractivity contribution in [1.82, 2.24) is 0 Å². The lowest BCUT2D eigenvalue weighted by molar-refractivity contribution is -0.251. The van der Waals surface area contributed by atoms with Crippen LogP contribution in [-0.4, -0.2) is 58.4 Å². The van der Waals surface area contributed by atoms with Crippen LogP contribution in [0.1, 0.15) is 31.1 Å². The van der Waals surface area contributed by atoms with Crippen molar-refractivity contribution in [1.29, 1.82) is 0 Å². The number of hydrogen-bond donors (Lipinski definition) is 0. The Morgan fingerprint density at radius 3 is 2.18 bits per heavy atom. The molecule has 2 aliphatic rings. The van der Waals surface area contributed by atoms with Crippen molar-refractivity contribution in [2.75, 3.05) is 12.4 Å². The summed E-state index contributed by atoms with van der Waals surface area (Å²) < 4.78 is 42.6. The minimum absolute atomic E-state index is 0.0487. The average Bonchev–Trinajstić information content (AvgIpc) is 2.82. The van der Waals surface area contributed by atoms with Gasteiger partial charge in [0.15, 0.2) is 17.6 Å². The van der Waals surface area contributed by atoms with Crippen LogP contribution in [0.2, 0.25) is 0 Å². The average molecular weight is 489 g/mol. The quantitative estimate of drug-likeness (QED) is 0.549. The molecule has 2 aromatic carbocycles. The molecule has 2 fully saturated rings. The number of hydrogen-bond acceptors (Lipinski definition) is 8. The van der Waals surface area contributed by atoms with E-state index in [9.17, 15) is 13.8 Å². The summed E-state index contributed by atoms with van der Waals surface area (Å²) in [5, 5.41) is 0. The Hall–Kier alpha value is -2.59. The monoisotopic (exact) mass is 488 g/mol. The first-order valence-electron chi connectivity index (χ1n) is 11.1. The van der Waals surface area contributed by atoms with E-state index < -0.39 is 58.7 Å². The Balaban J connectivity index is 1.57. The van der Waals surface area contributed by atoms with Crippen LogP contribution in [0.3, 0.4) is 0 Å². The van der Waals surface area contributed by atoms with Crippen LogP contribution in [0, 0.1) is 0 Å². The predicted molar refractivity (Wildman–Crippen MR) is 123 cm³/mol. The van der Waals surface area contributed by atoms with Crippen LogP contribution in [0.25, 0.3) is 0 Å². The Bertz CT molecular complexity index is 998. The number of benzene rings is 2. The van der Waals surface area contributed by atoms with Gasteiger partial charge in [-0.05, 0) is 11.1 Å². The smallest absolute Gasteiger partial charge is 0.303 e. The normalized spacial score (nSPS) is 30.7. The van der Waals surface area contributed by atoms with Gasteiger partial charge in [-0.1, -0.05) is 60.7 Å². The summed E-state index contributed by atoms with van der Waals surface area (Å²) in [7, 11) is -1.45. The number of rotatable bonds is 7. The van der Waals surface area contributed by atoms with Crippen molar-refractivity contribution >= 4 is 22.7 Å². The fourth-order valence-electron chi connectivity index (χ4n) is 4.21. The highest BCUT2D eigenvalue weighted by molar-refractivity contribution is 7.85. The first-order valence-corrected chi connectivity index (χ1v) is 12.5. The second-order valence-electron chi connectivity index (χ2n) is 8.24. The van der Waals surface area contributed by atoms with Crippen molar-refractivity contribution in [3.63, 3.8) is 0 Å². The second kappa shape index (κ2) is 11.2. The fourth-order valence-corrected chi connectivity index (χ4v) is 5.75. The van der Waals surface area contributed by atoms with E-state index in [2.05, 4.69) is 0 Å². The molecule has 0 aliphatic carbocycles. The number of fused-ring (bicyclic) bond motifs is 1. The highest BCUT2D eigenvalue weighted by Crippen LogP contribution is 2.38. The van der Waals surface area contributed by atoms with Crippen molar-refractivity contribution in [2.24, 2.45) is 0 Å². The molecule has 2 heterocycles. The zero-order valence-corrected chi connectivity index (χ0v) is 19.8. The van der Waals surface area contributed by atoms with Crippen LogP contribution < -0.4 is 0 Å².